The number of carbonyl (C=O) groups is 2. The second-order valence-electron chi connectivity index (χ2n) is 7.63. The number of hydrogen-bond donors (Lipinski definition) is 3. The Morgan fingerprint density at radius 1 is 1.09 bits per heavy atom. The van der Waals surface area contributed by atoms with Gasteiger partial charge in [0.2, 0.25) is 0 Å². The zero-order valence-corrected chi connectivity index (χ0v) is 17.9. The molecule has 1 aromatic carbocycles. The number of ether oxygens (including phenoxy) is 2. The van der Waals surface area contributed by atoms with Gasteiger partial charge in [0.1, 0.15) is 5.69 Å². The standard InChI is InChI=1S/C22H18F2N4O4S/c23-22(24)31-18-4-3-14(8-19(18)32-22)28-20(29)15-10-33-11-17(15)26-9-12-5-6-25-16(7-12)21(30)27-13-1-2-13/h3-8,10-11,13,26H,1-2,9H2,(H,27,30)(H,28,29). The van der Waals surface area contributed by atoms with Crippen LogP contribution >= 0.6 is 11.3 Å². The van der Waals surface area contributed by atoms with Crippen molar-refractivity contribution in [1.29, 1.82) is 0 Å². The first-order valence-electron chi connectivity index (χ1n) is 10.1. The molecule has 33 heavy (non-hydrogen) atoms. The molecule has 1 aliphatic carbocycles. The third kappa shape index (κ3) is 4.87. The minimum Gasteiger partial charge on any atom is -0.395 e. The monoisotopic (exact) mass is 472 g/mol. The number of carbonyl (C=O) groups excluding carboxylic acids is 2. The van der Waals surface area contributed by atoms with Gasteiger partial charge in [0.05, 0.1) is 11.3 Å². The number of benzene rings is 1. The second-order valence-corrected chi connectivity index (χ2v) is 8.38. The molecule has 2 amide bonds. The maximum Gasteiger partial charge on any atom is 0.586 e. The van der Waals surface area contributed by atoms with Crippen LogP contribution in [-0.2, 0) is 6.54 Å². The number of fused-ring (bicyclic) bond motifs is 1. The summed E-state index contributed by atoms with van der Waals surface area (Å²) in [6.45, 7) is 0.377. The smallest absolute Gasteiger partial charge is 0.395 e. The molecule has 0 saturated heterocycles. The number of thiophene rings is 1. The van der Waals surface area contributed by atoms with E-state index in [2.05, 4.69) is 30.4 Å². The summed E-state index contributed by atoms with van der Waals surface area (Å²) in [6, 6.07) is 7.77. The summed E-state index contributed by atoms with van der Waals surface area (Å²) in [5.41, 5.74) is 2.46. The Balaban J connectivity index is 1.23. The topological polar surface area (TPSA) is 102 Å². The number of halogens is 2. The lowest BCUT2D eigenvalue weighted by atomic mass is 10.2. The number of alkyl halides is 2. The minimum absolute atomic E-state index is 0.0987. The Kier molecular flexibility index (Phi) is 5.33. The van der Waals surface area contributed by atoms with E-state index in [1.54, 1.807) is 29.1 Å². The number of rotatable bonds is 7. The molecular weight excluding hydrogens is 454 g/mol. The fourth-order valence-corrected chi connectivity index (χ4v) is 4.01. The normalized spacial score (nSPS) is 15.7. The quantitative estimate of drug-likeness (QED) is 0.476. The first kappa shape index (κ1) is 21.1. The number of amides is 2. The number of anilines is 2. The third-order valence-electron chi connectivity index (χ3n) is 5.02. The first-order valence-corrected chi connectivity index (χ1v) is 11.1. The molecule has 8 nitrogen and oxygen atoms in total. The van der Waals surface area contributed by atoms with Gasteiger partial charge < -0.3 is 25.4 Å². The molecule has 0 unspecified atom stereocenters. The van der Waals surface area contributed by atoms with Gasteiger partial charge >= 0.3 is 6.29 Å². The zero-order valence-electron chi connectivity index (χ0n) is 17.1. The Hall–Kier alpha value is -3.73. The van der Waals surface area contributed by atoms with E-state index >= 15 is 0 Å². The van der Waals surface area contributed by atoms with Crippen molar-refractivity contribution in [3.63, 3.8) is 0 Å². The van der Waals surface area contributed by atoms with Crippen molar-refractivity contribution >= 4 is 34.5 Å². The predicted octanol–water partition coefficient (Wildman–Crippen LogP) is 4.22. The van der Waals surface area contributed by atoms with E-state index in [1.165, 1.54) is 29.5 Å². The summed E-state index contributed by atoms with van der Waals surface area (Å²) in [4.78, 5) is 29.1. The van der Waals surface area contributed by atoms with Gasteiger partial charge in [-0.25, -0.2) is 0 Å². The van der Waals surface area contributed by atoms with Gasteiger partial charge in [0, 0.05) is 41.3 Å². The summed E-state index contributed by atoms with van der Waals surface area (Å²) in [6.07, 6.45) is -0.159. The van der Waals surface area contributed by atoms with Crippen LogP contribution in [0, 0.1) is 0 Å². The van der Waals surface area contributed by atoms with Crippen molar-refractivity contribution in [3.8, 4) is 11.5 Å². The molecule has 3 heterocycles. The summed E-state index contributed by atoms with van der Waals surface area (Å²) in [5, 5.41) is 12.2. The van der Waals surface area contributed by atoms with Crippen LogP contribution in [-0.4, -0.2) is 29.1 Å². The van der Waals surface area contributed by atoms with E-state index in [9.17, 15) is 18.4 Å². The van der Waals surface area contributed by atoms with E-state index in [-0.39, 0.29) is 29.1 Å². The maximum atomic E-state index is 13.2. The zero-order chi connectivity index (χ0) is 23.0. The largest absolute Gasteiger partial charge is 0.586 e. The average Bonchev–Trinajstić information content (AvgIpc) is 3.36. The van der Waals surface area contributed by atoms with E-state index in [1.807, 2.05) is 0 Å². The second kappa shape index (κ2) is 8.32. The average molecular weight is 472 g/mol. The summed E-state index contributed by atoms with van der Waals surface area (Å²) >= 11 is 1.34. The lowest BCUT2D eigenvalue weighted by Crippen LogP contribution is -2.26. The lowest BCUT2D eigenvalue weighted by Gasteiger charge is -2.10. The minimum atomic E-state index is -3.72. The number of pyridine rings is 1. The highest BCUT2D eigenvalue weighted by molar-refractivity contribution is 7.08. The van der Waals surface area contributed by atoms with Gasteiger partial charge in [0.25, 0.3) is 11.8 Å². The van der Waals surface area contributed by atoms with Crippen LogP contribution in [0.1, 0.15) is 39.3 Å². The Morgan fingerprint density at radius 2 is 1.91 bits per heavy atom. The Labute approximate surface area is 190 Å². The highest BCUT2D eigenvalue weighted by Crippen LogP contribution is 2.42. The fourth-order valence-electron chi connectivity index (χ4n) is 3.23. The van der Waals surface area contributed by atoms with Gasteiger partial charge in [-0.3, -0.25) is 14.6 Å². The van der Waals surface area contributed by atoms with Gasteiger partial charge in [-0.05, 0) is 42.7 Å². The molecule has 3 aromatic rings. The molecule has 0 spiro atoms. The molecular formula is C22H18F2N4O4S. The molecule has 2 aromatic heterocycles. The van der Waals surface area contributed by atoms with Crippen LogP contribution in [0.15, 0.2) is 47.3 Å². The molecule has 1 saturated carbocycles. The van der Waals surface area contributed by atoms with E-state index in [0.29, 0.717) is 23.5 Å². The number of nitrogens with one attached hydrogen (secondary N) is 3. The fraction of sp³-hybridized carbons (Fsp3) is 0.227. The summed E-state index contributed by atoms with van der Waals surface area (Å²) in [7, 11) is 0. The van der Waals surface area contributed by atoms with Crippen molar-refractivity contribution in [2.45, 2.75) is 31.7 Å². The maximum absolute atomic E-state index is 13.2. The first-order chi connectivity index (χ1) is 15.9. The molecule has 3 N–H and O–H groups in total. The van der Waals surface area contributed by atoms with Crippen molar-refractivity contribution < 1.29 is 27.8 Å². The van der Waals surface area contributed by atoms with Crippen LogP contribution < -0.4 is 25.4 Å². The predicted molar refractivity (Wildman–Crippen MR) is 117 cm³/mol. The SMILES string of the molecule is O=C(NC1CC1)c1cc(CNc2cscc2C(=O)Nc2ccc3c(c2)OC(F)(F)O3)ccn1. The summed E-state index contributed by atoms with van der Waals surface area (Å²) < 4.78 is 35.2. The molecule has 0 bridgehead atoms. The highest BCUT2D eigenvalue weighted by atomic mass is 32.1. The van der Waals surface area contributed by atoms with Crippen molar-refractivity contribution in [2.24, 2.45) is 0 Å². The molecule has 0 radical (unpaired) electrons. The van der Waals surface area contributed by atoms with Crippen LogP contribution in [0.5, 0.6) is 11.5 Å². The molecule has 1 fully saturated rings. The highest BCUT2D eigenvalue weighted by Gasteiger charge is 2.43. The van der Waals surface area contributed by atoms with E-state index < -0.39 is 12.2 Å². The van der Waals surface area contributed by atoms with Crippen LogP contribution in [0.4, 0.5) is 20.2 Å². The van der Waals surface area contributed by atoms with Crippen LogP contribution in [0.25, 0.3) is 0 Å². The molecule has 0 atom stereocenters. The van der Waals surface area contributed by atoms with Gasteiger partial charge in [-0.15, -0.1) is 20.1 Å². The van der Waals surface area contributed by atoms with Gasteiger partial charge in [-0.1, -0.05) is 0 Å². The van der Waals surface area contributed by atoms with Gasteiger partial charge in [0.15, 0.2) is 11.5 Å². The number of aromatic nitrogens is 1. The van der Waals surface area contributed by atoms with E-state index in [0.717, 1.165) is 18.4 Å². The van der Waals surface area contributed by atoms with Gasteiger partial charge in [-0.2, -0.15) is 0 Å². The summed E-state index contributed by atoms with van der Waals surface area (Å²) in [5.74, 6) is -0.862. The van der Waals surface area contributed by atoms with Crippen molar-refractivity contribution in [3.05, 3.63) is 64.1 Å². The Morgan fingerprint density at radius 3 is 2.73 bits per heavy atom. The third-order valence-corrected chi connectivity index (χ3v) is 5.76. The van der Waals surface area contributed by atoms with Crippen LogP contribution in [0.2, 0.25) is 0 Å². The Bertz CT molecular complexity index is 1230. The van der Waals surface area contributed by atoms with E-state index in [4.69, 9.17) is 0 Å². The molecule has 5 rings (SSSR count). The molecule has 2 aliphatic rings. The lowest BCUT2D eigenvalue weighted by molar-refractivity contribution is -0.286. The molecule has 11 heteroatoms. The molecule has 170 valence electrons. The van der Waals surface area contributed by atoms with Crippen molar-refractivity contribution in [2.75, 3.05) is 10.6 Å². The number of hydrogen-bond acceptors (Lipinski definition) is 7. The number of nitrogens with zero attached hydrogens (tertiary/aromatic N) is 1. The van der Waals surface area contributed by atoms with Crippen LogP contribution in [0.3, 0.4) is 0 Å². The van der Waals surface area contributed by atoms with Crippen molar-refractivity contribution in [1.82, 2.24) is 10.3 Å². The molecule has 1 aliphatic heterocycles.